The highest BCUT2D eigenvalue weighted by Gasteiger charge is 2.18. The van der Waals surface area contributed by atoms with Crippen LogP contribution in [-0.2, 0) is 5.41 Å². The molecule has 0 atom stereocenters. The molecule has 1 aromatic rings. The van der Waals surface area contributed by atoms with E-state index < -0.39 is 0 Å². The van der Waals surface area contributed by atoms with E-state index in [1.807, 2.05) is 6.07 Å². The van der Waals surface area contributed by atoms with Gasteiger partial charge in [-0.2, -0.15) is 0 Å². The fraction of sp³-hybridized carbons (Fsp3) is 0.667. The van der Waals surface area contributed by atoms with Gasteiger partial charge in [0.25, 0.3) is 0 Å². The van der Waals surface area contributed by atoms with Crippen LogP contribution in [0.5, 0.6) is 5.75 Å². The second kappa shape index (κ2) is 7.12. The van der Waals surface area contributed by atoms with E-state index in [0.717, 1.165) is 31.7 Å². The molecule has 0 bridgehead atoms. The summed E-state index contributed by atoms with van der Waals surface area (Å²) in [5.41, 5.74) is 7.40. The third-order valence-electron chi connectivity index (χ3n) is 3.75. The zero-order valence-corrected chi connectivity index (χ0v) is 13.8. The van der Waals surface area contributed by atoms with Crippen LogP contribution in [0.1, 0.15) is 59.4 Å². The first-order chi connectivity index (χ1) is 9.26. The van der Waals surface area contributed by atoms with E-state index in [0.29, 0.717) is 0 Å². The second-order valence-electron chi connectivity index (χ2n) is 7.42. The average molecular weight is 277 g/mol. The van der Waals surface area contributed by atoms with Crippen molar-refractivity contribution in [2.75, 3.05) is 13.2 Å². The molecule has 0 spiro atoms. The second-order valence-corrected chi connectivity index (χ2v) is 7.42. The summed E-state index contributed by atoms with van der Waals surface area (Å²) in [6.07, 6.45) is 3.41. The van der Waals surface area contributed by atoms with E-state index in [1.165, 1.54) is 12.0 Å². The Morgan fingerprint density at radius 1 is 1.00 bits per heavy atom. The Bertz CT molecular complexity index is 404. The highest BCUT2D eigenvalue weighted by atomic mass is 16.5. The van der Waals surface area contributed by atoms with Crippen LogP contribution in [0.2, 0.25) is 0 Å². The molecular formula is C18H31NO. The van der Waals surface area contributed by atoms with Crippen molar-refractivity contribution in [2.45, 2.75) is 59.3 Å². The van der Waals surface area contributed by atoms with Gasteiger partial charge in [0.1, 0.15) is 5.75 Å². The molecule has 2 nitrogen and oxygen atoms in total. The van der Waals surface area contributed by atoms with Gasteiger partial charge in [-0.05, 0) is 48.3 Å². The van der Waals surface area contributed by atoms with Crippen molar-refractivity contribution in [3.05, 3.63) is 29.8 Å². The lowest BCUT2D eigenvalue weighted by molar-refractivity contribution is 0.274. The first-order valence-electron chi connectivity index (χ1n) is 7.69. The van der Waals surface area contributed by atoms with Crippen LogP contribution in [0.4, 0.5) is 0 Å². The molecule has 1 aromatic carbocycles. The molecular weight excluding hydrogens is 246 g/mol. The van der Waals surface area contributed by atoms with E-state index in [1.54, 1.807) is 0 Å². The van der Waals surface area contributed by atoms with E-state index in [4.69, 9.17) is 10.5 Å². The summed E-state index contributed by atoms with van der Waals surface area (Å²) >= 11 is 0. The molecule has 0 saturated heterocycles. The predicted molar refractivity (Wildman–Crippen MR) is 87.3 cm³/mol. The summed E-state index contributed by atoms with van der Waals surface area (Å²) in [7, 11) is 0. The maximum atomic E-state index is 5.98. The molecule has 0 saturated carbocycles. The van der Waals surface area contributed by atoms with Crippen molar-refractivity contribution in [1.82, 2.24) is 0 Å². The number of unbranched alkanes of at least 4 members (excludes halogenated alkanes) is 1. The highest BCUT2D eigenvalue weighted by molar-refractivity contribution is 5.38. The molecule has 0 heterocycles. The van der Waals surface area contributed by atoms with E-state index in [2.05, 4.69) is 52.8 Å². The van der Waals surface area contributed by atoms with Gasteiger partial charge in [0, 0.05) is 0 Å². The Balaban J connectivity index is 2.44. The third kappa shape index (κ3) is 5.54. The van der Waals surface area contributed by atoms with Crippen LogP contribution in [0.3, 0.4) is 0 Å². The summed E-state index contributed by atoms with van der Waals surface area (Å²) in [5.74, 6) is 1.03. The molecule has 0 aliphatic carbocycles. The minimum atomic E-state index is 0.123. The zero-order chi connectivity index (χ0) is 15.2. The molecule has 1 rings (SSSR count). The molecule has 20 heavy (non-hydrogen) atoms. The Labute approximate surface area is 124 Å². The van der Waals surface area contributed by atoms with Gasteiger partial charge in [-0.1, -0.05) is 52.8 Å². The highest BCUT2D eigenvalue weighted by Crippen LogP contribution is 2.31. The first-order valence-corrected chi connectivity index (χ1v) is 7.69. The molecule has 0 aliphatic rings. The largest absolute Gasteiger partial charge is 0.493 e. The number of para-hydroxylation sites is 1. The maximum absolute atomic E-state index is 5.98. The summed E-state index contributed by atoms with van der Waals surface area (Å²) in [4.78, 5) is 0. The summed E-state index contributed by atoms with van der Waals surface area (Å²) < 4.78 is 5.98. The van der Waals surface area contributed by atoms with Crippen LogP contribution in [0, 0.1) is 5.41 Å². The number of benzene rings is 1. The lowest BCUT2D eigenvalue weighted by atomic mass is 9.86. The molecule has 0 radical (unpaired) electrons. The van der Waals surface area contributed by atoms with Gasteiger partial charge < -0.3 is 10.5 Å². The van der Waals surface area contributed by atoms with Crippen molar-refractivity contribution < 1.29 is 4.74 Å². The van der Waals surface area contributed by atoms with Crippen molar-refractivity contribution in [3.63, 3.8) is 0 Å². The minimum absolute atomic E-state index is 0.123. The molecule has 2 heteroatoms. The van der Waals surface area contributed by atoms with Gasteiger partial charge in [-0.25, -0.2) is 0 Å². The van der Waals surface area contributed by atoms with Gasteiger partial charge in [0.15, 0.2) is 0 Å². The van der Waals surface area contributed by atoms with Crippen molar-refractivity contribution in [1.29, 1.82) is 0 Å². The molecule has 2 N–H and O–H groups in total. The zero-order valence-electron chi connectivity index (χ0n) is 13.8. The standard InChI is InChI=1S/C18H31NO/c1-17(2,3)15-10-6-7-11-16(15)20-13-9-8-12-18(4,5)14-19/h6-7,10-11H,8-9,12-14,19H2,1-5H3. The topological polar surface area (TPSA) is 35.2 Å². The van der Waals surface area contributed by atoms with Gasteiger partial charge in [0.2, 0.25) is 0 Å². The molecule has 0 fully saturated rings. The molecule has 0 unspecified atom stereocenters. The van der Waals surface area contributed by atoms with E-state index >= 15 is 0 Å². The number of rotatable bonds is 7. The lowest BCUT2D eigenvalue weighted by Crippen LogP contribution is -2.23. The normalized spacial score (nSPS) is 12.5. The Morgan fingerprint density at radius 3 is 2.25 bits per heavy atom. The molecule has 0 amide bonds. The van der Waals surface area contributed by atoms with Crippen molar-refractivity contribution >= 4 is 0 Å². The third-order valence-corrected chi connectivity index (χ3v) is 3.75. The molecule has 0 aromatic heterocycles. The summed E-state index contributed by atoms with van der Waals surface area (Å²) in [6.45, 7) is 12.6. The minimum Gasteiger partial charge on any atom is -0.493 e. The van der Waals surface area contributed by atoms with E-state index in [-0.39, 0.29) is 10.8 Å². The van der Waals surface area contributed by atoms with Gasteiger partial charge in [-0.15, -0.1) is 0 Å². The fourth-order valence-corrected chi connectivity index (χ4v) is 2.20. The predicted octanol–water partition coefficient (Wildman–Crippen LogP) is 4.52. The van der Waals surface area contributed by atoms with Crippen LogP contribution in [0.15, 0.2) is 24.3 Å². The monoisotopic (exact) mass is 277 g/mol. The van der Waals surface area contributed by atoms with Crippen LogP contribution >= 0.6 is 0 Å². The first kappa shape index (κ1) is 17.0. The SMILES string of the molecule is CC(C)(CN)CCCCOc1ccccc1C(C)(C)C. The Morgan fingerprint density at radius 2 is 1.65 bits per heavy atom. The van der Waals surface area contributed by atoms with Gasteiger partial charge in [0.05, 0.1) is 6.61 Å². The van der Waals surface area contributed by atoms with Crippen molar-refractivity contribution in [2.24, 2.45) is 11.1 Å². The van der Waals surface area contributed by atoms with Crippen LogP contribution in [0.25, 0.3) is 0 Å². The maximum Gasteiger partial charge on any atom is 0.123 e. The molecule has 114 valence electrons. The Kier molecular flexibility index (Phi) is 6.07. The average Bonchev–Trinajstić information content (AvgIpc) is 2.37. The number of hydrogen-bond acceptors (Lipinski definition) is 2. The number of hydrogen-bond donors (Lipinski definition) is 1. The van der Waals surface area contributed by atoms with Crippen LogP contribution in [-0.4, -0.2) is 13.2 Å². The van der Waals surface area contributed by atoms with Crippen molar-refractivity contribution in [3.8, 4) is 5.75 Å². The smallest absolute Gasteiger partial charge is 0.123 e. The number of ether oxygens (including phenoxy) is 1. The van der Waals surface area contributed by atoms with Gasteiger partial charge >= 0.3 is 0 Å². The summed E-state index contributed by atoms with van der Waals surface area (Å²) in [6, 6.07) is 8.36. The number of nitrogens with two attached hydrogens (primary N) is 1. The fourth-order valence-electron chi connectivity index (χ4n) is 2.20. The Hall–Kier alpha value is -1.02. The van der Waals surface area contributed by atoms with Gasteiger partial charge in [-0.3, -0.25) is 0 Å². The molecule has 0 aliphatic heterocycles. The van der Waals surface area contributed by atoms with Crippen LogP contribution < -0.4 is 10.5 Å². The van der Waals surface area contributed by atoms with E-state index in [9.17, 15) is 0 Å². The lowest BCUT2D eigenvalue weighted by Gasteiger charge is -2.23. The summed E-state index contributed by atoms with van der Waals surface area (Å²) in [5, 5.41) is 0. The quantitative estimate of drug-likeness (QED) is 0.744.